The average molecular weight is 259 g/mol. The lowest BCUT2D eigenvalue weighted by atomic mass is 10.1. The maximum Gasteiger partial charge on any atom is 0.211 e. The van der Waals surface area contributed by atoms with Crippen LogP contribution in [0.1, 0.15) is 25.8 Å². The molecular formula is C12H18FNO2S. The molecule has 0 amide bonds. The molecule has 0 aliphatic heterocycles. The predicted octanol–water partition coefficient (Wildman–Crippen LogP) is 2.09. The minimum atomic E-state index is -3.18. The van der Waals surface area contributed by atoms with Crippen molar-refractivity contribution in [1.29, 1.82) is 0 Å². The minimum absolute atomic E-state index is 0.140. The molecule has 0 saturated carbocycles. The van der Waals surface area contributed by atoms with Crippen LogP contribution in [0, 0.1) is 5.82 Å². The van der Waals surface area contributed by atoms with Gasteiger partial charge in [0.25, 0.3) is 0 Å². The van der Waals surface area contributed by atoms with E-state index in [0.717, 1.165) is 5.56 Å². The monoisotopic (exact) mass is 259 g/mol. The molecule has 0 fully saturated rings. The second kappa shape index (κ2) is 6.12. The van der Waals surface area contributed by atoms with Gasteiger partial charge in [-0.3, -0.25) is 0 Å². The smallest absolute Gasteiger partial charge is 0.211 e. The molecule has 3 nitrogen and oxygen atoms in total. The van der Waals surface area contributed by atoms with Crippen molar-refractivity contribution < 1.29 is 12.8 Å². The highest BCUT2D eigenvalue weighted by Gasteiger charge is 2.13. The van der Waals surface area contributed by atoms with E-state index < -0.39 is 10.0 Å². The van der Waals surface area contributed by atoms with Crippen molar-refractivity contribution in [2.45, 2.75) is 32.7 Å². The van der Waals surface area contributed by atoms with Gasteiger partial charge < -0.3 is 0 Å². The Morgan fingerprint density at radius 2 is 1.88 bits per heavy atom. The van der Waals surface area contributed by atoms with Crippen molar-refractivity contribution in [3.8, 4) is 0 Å². The van der Waals surface area contributed by atoms with Gasteiger partial charge in [0.05, 0.1) is 5.75 Å². The van der Waals surface area contributed by atoms with E-state index in [2.05, 4.69) is 4.72 Å². The Kier molecular flexibility index (Phi) is 5.08. The second-order valence-electron chi connectivity index (χ2n) is 4.17. The maximum atomic E-state index is 12.7. The molecule has 17 heavy (non-hydrogen) atoms. The zero-order valence-corrected chi connectivity index (χ0v) is 10.9. The number of rotatable bonds is 6. The van der Waals surface area contributed by atoms with Gasteiger partial charge in [0.15, 0.2) is 0 Å². The third-order valence-electron chi connectivity index (χ3n) is 2.31. The minimum Gasteiger partial charge on any atom is -0.212 e. The predicted molar refractivity (Wildman–Crippen MR) is 66.8 cm³/mol. The van der Waals surface area contributed by atoms with E-state index in [9.17, 15) is 12.8 Å². The summed E-state index contributed by atoms with van der Waals surface area (Å²) in [6.07, 6.45) is 1.15. The molecular weight excluding hydrogens is 241 g/mol. The number of benzene rings is 1. The molecule has 1 N–H and O–H groups in total. The van der Waals surface area contributed by atoms with Gasteiger partial charge in [-0.15, -0.1) is 0 Å². The first kappa shape index (κ1) is 14.1. The van der Waals surface area contributed by atoms with Crippen LogP contribution >= 0.6 is 0 Å². The van der Waals surface area contributed by atoms with Crippen molar-refractivity contribution in [1.82, 2.24) is 4.72 Å². The van der Waals surface area contributed by atoms with E-state index in [1.54, 1.807) is 19.1 Å². The number of hydrogen-bond acceptors (Lipinski definition) is 2. The summed E-state index contributed by atoms with van der Waals surface area (Å²) in [5.41, 5.74) is 0.915. The number of hydrogen-bond donors (Lipinski definition) is 1. The van der Waals surface area contributed by atoms with Crippen molar-refractivity contribution >= 4 is 10.0 Å². The van der Waals surface area contributed by atoms with E-state index in [1.165, 1.54) is 12.1 Å². The SMILES string of the molecule is CCCS(=O)(=O)NC(C)Cc1ccc(F)cc1. The largest absolute Gasteiger partial charge is 0.212 e. The van der Waals surface area contributed by atoms with Gasteiger partial charge in [-0.25, -0.2) is 17.5 Å². The van der Waals surface area contributed by atoms with Crippen LogP contribution in [0.3, 0.4) is 0 Å². The molecule has 1 rings (SSSR count). The normalized spacial score (nSPS) is 13.6. The van der Waals surface area contributed by atoms with Crippen LogP contribution in [0.5, 0.6) is 0 Å². The Morgan fingerprint density at radius 1 is 1.29 bits per heavy atom. The molecule has 1 aromatic carbocycles. The summed E-state index contributed by atoms with van der Waals surface area (Å²) in [6, 6.07) is 5.91. The van der Waals surface area contributed by atoms with Crippen LogP contribution in [0.4, 0.5) is 4.39 Å². The number of sulfonamides is 1. The first-order valence-electron chi connectivity index (χ1n) is 5.67. The van der Waals surface area contributed by atoms with Gasteiger partial charge in [-0.2, -0.15) is 0 Å². The van der Waals surface area contributed by atoms with E-state index in [0.29, 0.717) is 12.8 Å². The second-order valence-corrected chi connectivity index (χ2v) is 6.04. The Labute approximate surface area is 102 Å². The van der Waals surface area contributed by atoms with Gasteiger partial charge in [0, 0.05) is 6.04 Å². The summed E-state index contributed by atoms with van der Waals surface area (Å²) in [5, 5.41) is 0. The topological polar surface area (TPSA) is 46.2 Å². The fraction of sp³-hybridized carbons (Fsp3) is 0.500. The standard InChI is InChI=1S/C12H18FNO2S/c1-3-8-17(15,16)14-10(2)9-11-4-6-12(13)7-5-11/h4-7,10,14H,3,8-9H2,1-2H3. The van der Waals surface area contributed by atoms with E-state index in [-0.39, 0.29) is 17.6 Å². The van der Waals surface area contributed by atoms with Crippen LogP contribution in [0.15, 0.2) is 24.3 Å². The van der Waals surface area contributed by atoms with Crippen molar-refractivity contribution in [2.24, 2.45) is 0 Å². The van der Waals surface area contributed by atoms with Gasteiger partial charge in [-0.05, 0) is 37.5 Å². The summed E-state index contributed by atoms with van der Waals surface area (Å²) in [5.74, 6) is -0.145. The Balaban J connectivity index is 2.55. The van der Waals surface area contributed by atoms with Crippen LogP contribution in [0.25, 0.3) is 0 Å². The van der Waals surface area contributed by atoms with Gasteiger partial charge >= 0.3 is 0 Å². The third kappa shape index (κ3) is 5.28. The molecule has 0 aliphatic carbocycles. The molecule has 5 heteroatoms. The maximum absolute atomic E-state index is 12.7. The number of nitrogens with one attached hydrogen (secondary N) is 1. The van der Waals surface area contributed by atoms with Crippen LogP contribution in [-0.2, 0) is 16.4 Å². The molecule has 0 radical (unpaired) electrons. The molecule has 0 aliphatic rings. The van der Waals surface area contributed by atoms with Crippen molar-refractivity contribution in [2.75, 3.05) is 5.75 Å². The highest BCUT2D eigenvalue weighted by molar-refractivity contribution is 7.89. The highest BCUT2D eigenvalue weighted by atomic mass is 32.2. The fourth-order valence-corrected chi connectivity index (χ4v) is 3.00. The lowest BCUT2D eigenvalue weighted by Gasteiger charge is -2.13. The molecule has 0 bridgehead atoms. The number of halogens is 1. The third-order valence-corrected chi connectivity index (χ3v) is 4.02. The average Bonchev–Trinajstić information content (AvgIpc) is 2.20. The molecule has 1 aromatic rings. The van der Waals surface area contributed by atoms with Crippen LogP contribution < -0.4 is 4.72 Å². The highest BCUT2D eigenvalue weighted by Crippen LogP contribution is 2.06. The quantitative estimate of drug-likeness (QED) is 0.850. The molecule has 1 unspecified atom stereocenters. The summed E-state index contributed by atoms with van der Waals surface area (Å²) < 4.78 is 38.3. The first-order chi connectivity index (χ1) is 7.93. The van der Waals surface area contributed by atoms with E-state index in [1.807, 2.05) is 6.92 Å². The van der Waals surface area contributed by atoms with E-state index >= 15 is 0 Å². The van der Waals surface area contributed by atoms with E-state index in [4.69, 9.17) is 0 Å². The summed E-state index contributed by atoms with van der Waals surface area (Å²) >= 11 is 0. The summed E-state index contributed by atoms with van der Waals surface area (Å²) in [4.78, 5) is 0. The molecule has 0 heterocycles. The lowest BCUT2D eigenvalue weighted by molar-refractivity contribution is 0.558. The van der Waals surface area contributed by atoms with Gasteiger partial charge in [0.2, 0.25) is 10.0 Å². The zero-order chi connectivity index (χ0) is 12.9. The Bertz CT molecular complexity index is 442. The molecule has 0 saturated heterocycles. The fourth-order valence-electron chi connectivity index (χ4n) is 1.65. The molecule has 96 valence electrons. The Hall–Kier alpha value is -0.940. The zero-order valence-electron chi connectivity index (χ0n) is 10.1. The lowest BCUT2D eigenvalue weighted by Crippen LogP contribution is -2.35. The molecule has 1 atom stereocenters. The van der Waals surface area contributed by atoms with Crippen molar-refractivity contribution in [3.63, 3.8) is 0 Å². The Morgan fingerprint density at radius 3 is 2.41 bits per heavy atom. The van der Waals surface area contributed by atoms with Gasteiger partial charge in [-0.1, -0.05) is 19.1 Å². The first-order valence-corrected chi connectivity index (χ1v) is 7.32. The van der Waals surface area contributed by atoms with Gasteiger partial charge in [0.1, 0.15) is 5.82 Å². The summed E-state index contributed by atoms with van der Waals surface area (Å²) in [6.45, 7) is 3.63. The summed E-state index contributed by atoms with van der Waals surface area (Å²) in [7, 11) is -3.18. The van der Waals surface area contributed by atoms with Crippen LogP contribution in [0.2, 0.25) is 0 Å². The molecule has 0 aromatic heterocycles. The van der Waals surface area contributed by atoms with Crippen LogP contribution in [-0.4, -0.2) is 20.2 Å². The molecule has 0 spiro atoms. The van der Waals surface area contributed by atoms with Crippen molar-refractivity contribution in [3.05, 3.63) is 35.6 Å².